The number of anilines is 1. The third kappa shape index (κ3) is 4.82. The number of ether oxygens (including phenoxy) is 1. The SMILES string of the molecule is CC(C)(C)OC(=O)Nc1ccc(C(=O)/C=C/c2cccc3nccn23)cc1. The van der Waals surface area contributed by atoms with Gasteiger partial charge in [0.1, 0.15) is 11.2 Å². The van der Waals surface area contributed by atoms with Crippen LogP contribution in [0.5, 0.6) is 0 Å². The molecule has 0 aliphatic rings. The zero-order valence-corrected chi connectivity index (χ0v) is 15.5. The lowest BCUT2D eigenvalue weighted by Gasteiger charge is -2.19. The molecule has 0 saturated carbocycles. The lowest BCUT2D eigenvalue weighted by molar-refractivity contribution is 0.0636. The molecule has 2 heterocycles. The average Bonchev–Trinajstić information content (AvgIpc) is 3.08. The molecular weight excluding hydrogens is 342 g/mol. The van der Waals surface area contributed by atoms with Crippen LogP contribution in [0.4, 0.5) is 10.5 Å². The molecule has 0 fully saturated rings. The van der Waals surface area contributed by atoms with Crippen molar-refractivity contribution in [3.63, 3.8) is 0 Å². The Morgan fingerprint density at radius 2 is 1.85 bits per heavy atom. The van der Waals surface area contributed by atoms with E-state index in [2.05, 4.69) is 10.3 Å². The Morgan fingerprint density at radius 3 is 2.56 bits per heavy atom. The third-order valence-electron chi connectivity index (χ3n) is 3.68. The van der Waals surface area contributed by atoms with Gasteiger partial charge in [0, 0.05) is 29.3 Å². The quantitative estimate of drug-likeness (QED) is 0.544. The van der Waals surface area contributed by atoms with E-state index in [1.54, 1.807) is 57.3 Å². The van der Waals surface area contributed by atoms with E-state index in [1.165, 1.54) is 6.08 Å². The molecule has 0 unspecified atom stereocenters. The van der Waals surface area contributed by atoms with Crippen molar-refractivity contribution in [1.29, 1.82) is 0 Å². The Morgan fingerprint density at radius 1 is 1.11 bits per heavy atom. The summed E-state index contributed by atoms with van der Waals surface area (Å²) in [5, 5.41) is 2.64. The van der Waals surface area contributed by atoms with E-state index in [-0.39, 0.29) is 5.78 Å². The molecule has 0 aliphatic heterocycles. The van der Waals surface area contributed by atoms with Crippen LogP contribution in [-0.4, -0.2) is 26.9 Å². The number of benzene rings is 1. The highest BCUT2D eigenvalue weighted by atomic mass is 16.6. The van der Waals surface area contributed by atoms with Crippen molar-refractivity contribution in [1.82, 2.24) is 9.38 Å². The monoisotopic (exact) mass is 363 g/mol. The molecule has 138 valence electrons. The summed E-state index contributed by atoms with van der Waals surface area (Å²) in [6, 6.07) is 12.4. The summed E-state index contributed by atoms with van der Waals surface area (Å²) in [7, 11) is 0. The van der Waals surface area contributed by atoms with Gasteiger partial charge in [-0.2, -0.15) is 0 Å². The molecule has 6 heteroatoms. The maximum absolute atomic E-state index is 12.4. The van der Waals surface area contributed by atoms with Crippen LogP contribution >= 0.6 is 0 Å². The van der Waals surface area contributed by atoms with Gasteiger partial charge >= 0.3 is 6.09 Å². The number of pyridine rings is 1. The number of carbonyl (C=O) groups is 2. The van der Waals surface area contributed by atoms with Crippen LogP contribution in [0.3, 0.4) is 0 Å². The van der Waals surface area contributed by atoms with Gasteiger partial charge in [0.15, 0.2) is 5.78 Å². The van der Waals surface area contributed by atoms with E-state index in [9.17, 15) is 9.59 Å². The van der Waals surface area contributed by atoms with Gasteiger partial charge in [-0.05, 0) is 69.3 Å². The lowest BCUT2D eigenvalue weighted by Crippen LogP contribution is -2.27. The van der Waals surface area contributed by atoms with Crippen LogP contribution in [0.2, 0.25) is 0 Å². The van der Waals surface area contributed by atoms with Crippen LogP contribution in [0.25, 0.3) is 11.7 Å². The van der Waals surface area contributed by atoms with Crippen molar-refractivity contribution in [3.8, 4) is 0 Å². The molecular formula is C21H21N3O3. The number of aromatic nitrogens is 2. The highest BCUT2D eigenvalue weighted by Crippen LogP contribution is 2.14. The van der Waals surface area contributed by atoms with Gasteiger partial charge in [0.2, 0.25) is 0 Å². The molecule has 0 saturated heterocycles. The number of nitrogens with one attached hydrogen (secondary N) is 1. The molecule has 3 aromatic rings. The highest BCUT2D eigenvalue weighted by molar-refractivity contribution is 6.07. The van der Waals surface area contributed by atoms with Gasteiger partial charge in [0.25, 0.3) is 0 Å². The standard InChI is InChI=1S/C21H21N3O3/c1-21(2,3)27-20(26)23-16-9-7-15(8-10-16)18(25)12-11-17-5-4-6-19-22-13-14-24(17)19/h4-14H,1-3H3,(H,23,26)/b12-11+. The topological polar surface area (TPSA) is 72.7 Å². The summed E-state index contributed by atoms with van der Waals surface area (Å²) in [6.07, 6.45) is 6.30. The van der Waals surface area contributed by atoms with Gasteiger partial charge in [-0.25, -0.2) is 9.78 Å². The molecule has 0 bridgehead atoms. The maximum atomic E-state index is 12.4. The van der Waals surface area contributed by atoms with Gasteiger partial charge in [-0.15, -0.1) is 0 Å². The molecule has 1 amide bonds. The minimum atomic E-state index is -0.567. The third-order valence-corrected chi connectivity index (χ3v) is 3.68. The Bertz CT molecular complexity index is 995. The van der Waals surface area contributed by atoms with E-state index in [4.69, 9.17) is 4.74 Å². The minimum Gasteiger partial charge on any atom is -0.444 e. The fourth-order valence-electron chi connectivity index (χ4n) is 2.50. The number of nitrogens with zero attached hydrogens (tertiary/aromatic N) is 2. The molecule has 0 radical (unpaired) electrons. The molecule has 0 spiro atoms. The second-order valence-electron chi connectivity index (χ2n) is 7.01. The zero-order valence-electron chi connectivity index (χ0n) is 15.5. The second kappa shape index (κ2) is 7.45. The van der Waals surface area contributed by atoms with E-state index in [1.807, 2.05) is 28.8 Å². The summed E-state index contributed by atoms with van der Waals surface area (Å²) in [4.78, 5) is 28.4. The maximum Gasteiger partial charge on any atom is 0.412 e. The number of hydrogen-bond donors (Lipinski definition) is 1. The van der Waals surface area contributed by atoms with Gasteiger partial charge < -0.3 is 9.14 Å². The molecule has 2 aromatic heterocycles. The first kappa shape index (κ1) is 18.4. The summed E-state index contributed by atoms with van der Waals surface area (Å²) >= 11 is 0. The zero-order chi connectivity index (χ0) is 19.4. The number of rotatable bonds is 4. The molecule has 0 aliphatic carbocycles. The van der Waals surface area contributed by atoms with Gasteiger partial charge in [0.05, 0.1) is 0 Å². The first-order valence-corrected chi connectivity index (χ1v) is 8.56. The predicted octanol–water partition coefficient (Wildman–Crippen LogP) is 4.58. The van der Waals surface area contributed by atoms with E-state index in [0.717, 1.165) is 11.3 Å². The van der Waals surface area contributed by atoms with Crippen LogP contribution in [0.1, 0.15) is 36.8 Å². The van der Waals surface area contributed by atoms with Crippen LogP contribution < -0.4 is 5.32 Å². The van der Waals surface area contributed by atoms with E-state index in [0.29, 0.717) is 11.3 Å². The van der Waals surface area contributed by atoms with Crippen LogP contribution in [0, 0.1) is 0 Å². The molecule has 1 N–H and O–H groups in total. The van der Waals surface area contributed by atoms with Crippen molar-refractivity contribution in [2.45, 2.75) is 26.4 Å². The molecule has 0 atom stereocenters. The normalized spacial score (nSPS) is 11.7. The van der Waals surface area contributed by atoms with E-state index >= 15 is 0 Å². The van der Waals surface area contributed by atoms with Crippen molar-refractivity contribution >= 4 is 29.3 Å². The number of allylic oxidation sites excluding steroid dienone is 1. The molecule has 1 aromatic carbocycles. The summed E-state index contributed by atoms with van der Waals surface area (Å²) in [6.45, 7) is 5.39. The number of ketones is 1. The fourth-order valence-corrected chi connectivity index (χ4v) is 2.50. The number of fused-ring (bicyclic) bond motifs is 1. The smallest absolute Gasteiger partial charge is 0.412 e. The molecule has 3 rings (SSSR count). The second-order valence-corrected chi connectivity index (χ2v) is 7.01. The number of amides is 1. The lowest BCUT2D eigenvalue weighted by atomic mass is 10.1. The van der Waals surface area contributed by atoms with Crippen molar-refractivity contribution in [3.05, 3.63) is 72.2 Å². The highest BCUT2D eigenvalue weighted by Gasteiger charge is 2.16. The first-order chi connectivity index (χ1) is 12.8. The Kier molecular flexibility index (Phi) is 5.07. The van der Waals surface area contributed by atoms with E-state index < -0.39 is 11.7 Å². The summed E-state index contributed by atoms with van der Waals surface area (Å²) in [5.74, 6) is -0.129. The first-order valence-electron chi connectivity index (χ1n) is 8.56. The van der Waals surface area contributed by atoms with Crippen molar-refractivity contribution < 1.29 is 14.3 Å². The fraction of sp³-hybridized carbons (Fsp3) is 0.190. The predicted molar refractivity (Wildman–Crippen MR) is 105 cm³/mol. The Balaban J connectivity index is 1.67. The van der Waals surface area contributed by atoms with Crippen LogP contribution in [-0.2, 0) is 4.74 Å². The Labute approximate surface area is 157 Å². The molecule has 6 nitrogen and oxygen atoms in total. The number of hydrogen-bond acceptors (Lipinski definition) is 4. The van der Waals surface area contributed by atoms with Gasteiger partial charge in [-0.1, -0.05) is 6.07 Å². The minimum absolute atomic E-state index is 0.129. The van der Waals surface area contributed by atoms with Crippen LogP contribution in [0.15, 0.2) is 60.9 Å². The molecule has 27 heavy (non-hydrogen) atoms. The van der Waals surface area contributed by atoms with Crippen molar-refractivity contribution in [2.75, 3.05) is 5.32 Å². The summed E-state index contributed by atoms with van der Waals surface area (Å²) in [5.41, 5.74) is 2.21. The largest absolute Gasteiger partial charge is 0.444 e. The summed E-state index contributed by atoms with van der Waals surface area (Å²) < 4.78 is 7.10. The van der Waals surface area contributed by atoms with Crippen molar-refractivity contribution in [2.24, 2.45) is 0 Å². The number of carbonyl (C=O) groups excluding carboxylic acids is 2. The Hall–Kier alpha value is -3.41. The average molecular weight is 363 g/mol. The number of imidazole rings is 1. The van der Waals surface area contributed by atoms with Gasteiger partial charge in [-0.3, -0.25) is 10.1 Å².